The van der Waals surface area contributed by atoms with Crippen LogP contribution >= 0.6 is 0 Å². The number of benzene rings is 1. The zero-order valence-corrected chi connectivity index (χ0v) is 9.98. The molecule has 108 valence electrons. The van der Waals surface area contributed by atoms with E-state index in [2.05, 4.69) is 0 Å². The van der Waals surface area contributed by atoms with Crippen LogP contribution in [-0.4, -0.2) is 35.3 Å². The van der Waals surface area contributed by atoms with E-state index in [1.807, 2.05) is 0 Å². The average molecular weight is 289 g/mol. The molecular weight excluding hydrogens is 279 g/mol. The van der Waals surface area contributed by atoms with Gasteiger partial charge in [0, 0.05) is 6.42 Å². The van der Waals surface area contributed by atoms with Crippen molar-refractivity contribution in [2.24, 2.45) is 0 Å². The largest absolute Gasteiger partial charge is 0.487 e. The highest BCUT2D eigenvalue weighted by atomic mass is 19.4. The van der Waals surface area contributed by atoms with E-state index in [0.29, 0.717) is 11.3 Å². The number of hydrogen-bond donors (Lipinski definition) is 2. The molecule has 0 saturated heterocycles. The summed E-state index contributed by atoms with van der Waals surface area (Å²) < 4.78 is 41.8. The maximum atomic E-state index is 12.2. The molecule has 1 heterocycles. The SMILES string of the molecule is O=C(O)C(NC(=O)C(F)(F)F)C1Cc2ccccc2O1. The van der Waals surface area contributed by atoms with E-state index in [1.165, 1.54) is 5.32 Å². The summed E-state index contributed by atoms with van der Waals surface area (Å²) in [5, 5.41) is 10.4. The zero-order valence-electron chi connectivity index (χ0n) is 9.98. The number of ether oxygens (including phenoxy) is 1. The van der Waals surface area contributed by atoms with Crippen molar-refractivity contribution in [3.8, 4) is 5.75 Å². The second kappa shape index (κ2) is 5.03. The van der Waals surface area contributed by atoms with Crippen LogP contribution in [0.4, 0.5) is 13.2 Å². The van der Waals surface area contributed by atoms with E-state index in [4.69, 9.17) is 9.84 Å². The second-order valence-corrected chi connectivity index (χ2v) is 4.26. The topological polar surface area (TPSA) is 75.6 Å². The number of carboxylic acid groups (broad SMARTS) is 1. The van der Waals surface area contributed by atoms with Gasteiger partial charge in [0.25, 0.3) is 0 Å². The molecule has 1 aromatic carbocycles. The summed E-state index contributed by atoms with van der Waals surface area (Å²) in [6, 6.07) is 4.86. The normalized spacial score (nSPS) is 18.9. The molecule has 20 heavy (non-hydrogen) atoms. The number of alkyl halides is 3. The van der Waals surface area contributed by atoms with Gasteiger partial charge in [0.15, 0.2) is 6.04 Å². The van der Waals surface area contributed by atoms with E-state index in [9.17, 15) is 22.8 Å². The number of carboxylic acids is 1. The Kier molecular flexibility index (Phi) is 3.56. The lowest BCUT2D eigenvalue weighted by molar-refractivity contribution is -0.176. The number of halogens is 3. The molecule has 1 aliphatic heterocycles. The fourth-order valence-corrected chi connectivity index (χ4v) is 1.93. The zero-order chi connectivity index (χ0) is 14.9. The molecule has 2 N–H and O–H groups in total. The molecule has 0 spiro atoms. The first-order valence-electron chi connectivity index (χ1n) is 5.64. The molecule has 0 fully saturated rings. The van der Waals surface area contributed by atoms with Crippen molar-refractivity contribution in [1.29, 1.82) is 0 Å². The minimum absolute atomic E-state index is 0.116. The van der Waals surface area contributed by atoms with Gasteiger partial charge in [0.1, 0.15) is 11.9 Å². The maximum Gasteiger partial charge on any atom is 0.471 e. The molecule has 5 nitrogen and oxygen atoms in total. The van der Waals surface area contributed by atoms with Crippen molar-refractivity contribution in [1.82, 2.24) is 5.32 Å². The van der Waals surface area contributed by atoms with Crippen molar-refractivity contribution in [3.05, 3.63) is 29.8 Å². The Morgan fingerprint density at radius 1 is 1.35 bits per heavy atom. The molecule has 1 aromatic rings. The summed E-state index contributed by atoms with van der Waals surface area (Å²) in [7, 11) is 0. The average Bonchev–Trinajstić information content (AvgIpc) is 2.77. The molecular formula is C12H10F3NO4. The molecule has 2 atom stereocenters. The lowest BCUT2D eigenvalue weighted by Gasteiger charge is -2.21. The van der Waals surface area contributed by atoms with E-state index in [1.54, 1.807) is 24.3 Å². The lowest BCUT2D eigenvalue weighted by Crippen LogP contribution is -2.53. The minimum Gasteiger partial charge on any atom is -0.487 e. The van der Waals surface area contributed by atoms with Gasteiger partial charge in [-0.05, 0) is 11.6 Å². The van der Waals surface area contributed by atoms with Crippen molar-refractivity contribution in [2.75, 3.05) is 0 Å². The minimum atomic E-state index is -5.14. The van der Waals surface area contributed by atoms with E-state index in [-0.39, 0.29) is 6.42 Å². The Bertz CT molecular complexity index is 519. The Hall–Kier alpha value is -2.25. The third-order valence-electron chi connectivity index (χ3n) is 2.85. The van der Waals surface area contributed by atoms with Gasteiger partial charge in [0.05, 0.1) is 0 Å². The van der Waals surface area contributed by atoms with Gasteiger partial charge in [-0.1, -0.05) is 18.2 Å². The number of para-hydroxylation sites is 1. The van der Waals surface area contributed by atoms with Crippen LogP contribution in [0, 0.1) is 0 Å². The Balaban J connectivity index is 2.12. The highest BCUT2D eigenvalue weighted by Crippen LogP contribution is 2.29. The van der Waals surface area contributed by atoms with Crippen LogP contribution in [0.15, 0.2) is 24.3 Å². The van der Waals surface area contributed by atoms with Crippen molar-refractivity contribution in [2.45, 2.75) is 24.7 Å². The highest BCUT2D eigenvalue weighted by Gasteiger charge is 2.44. The number of carbonyl (C=O) groups excluding carboxylic acids is 1. The third-order valence-corrected chi connectivity index (χ3v) is 2.85. The third kappa shape index (κ3) is 2.84. The number of fused-ring (bicyclic) bond motifs is 1. The number of amides is 1. The fraction of sp³-hybridized carbons (Fsp3) is 0.333. The summed E-state index contributed by atoms with van der Waals surface area (Å²) in [5.41, 5.74) is 0.685. The summed E-state index contributed by atoms with van der Waals surface area (Å²) in [4.78, 5) is 21.9. The number of aliphatic carboxylic acids is 1. The predicted molar refractivity (Wildman–Crippen MR) is 60.2 cm³/mol. The van der Waals surface area contributed by atoms with E-state index in [0.717, 1.165) is 0 Å². The van der Waals surface area contributed by atoms with Gasteiger partial charge in [-0.3, -0.25) is 4.79 Å². The van der Waals surface area contributed by atoms with Gasteiger partial charge >= 0.3 is 18.1 Å². The monoisotopic (exact) mass is 289 g/mol. The maximum absolute atomic E-state index is 12.2. The molecule has 2 rings (SSSR count). The number of rotatable bonds is 3. The van der Waals surface area contributed by atoms with Crippen molar-refractivity contribution < 1.29 is 32.6 Å². The Morgan fingerprint density at radius 3 is 2.55 bits per heavy atom. The summed E-state index contributed by atoms with van der Waals surface area (Å²) in [5.74, 6) is -3.48. The Labute approximate surface area is 111 Å². The van der Waals surface area contributed by atoms with Crippen LogP contribution in [0.1, 0.15) is 5.56 Å². The number of carbonyl (C=O) groups is 2. The van der Waals surface area contributed by atoms with Gasteiger partial charge < -0.3 is 15.2 Å². The van der Waals surface area contributed by atoms with Gasteiger partial charge in [0.2, 0.25) is 0 Å². The number of hydrogen-bond acceptors (Lipinski definition) is 3. The summed E-state index contributed by atoms with van der Waals surface area (Å²) >= 11 is 0. The first kappa shape index (κ1) is 14.2. The Morgan fingerprint density at radius 2 is 2.00 bits per heavy atom. The highest BCUT2D eigenvalue weighted by molar-refractivity contribution is 5.87. The molecule has 0 saturated carbocycles. The molecule has 1 aliphatic rings. The van der Waals surface area contributed by atoms with Crippen LogP contribution < -0.4 is 10.1 Å². The van der Waals surface area contributed by atoms with Crippen LogP contribution in [-0.2, 0) is 16.0 Å². The molecule has 0 bridgehead atoms. The van der Waals surface area contributed by atoms with Crippen LogP contribution in [0.3, 0.4) is 0 Å². The van der Waals surface area contributed by atoms with Crippen LogP contribution in [0.5, 0.6) is 5.75 Å². The summed E-state index contributed by atoms with van der Waals surface area (Å²) in [6.45, 7) is 0. The predicted octanol–water partition coefficient (Wildman–Crippen LogP) is 1.12. The van der Waals surface area contributed by atoms with E-state index >= 15 is 0 Å². The number of nitrogens with one attached hydrogen (secondary N) is 1. The van der Waals surface area contributed by atoms with Gasteiger partial charge in [-0.15, -0.1) is 0 Å². The van der Waals surface area contributed by atoms with Gasteiger partial charge in [-0.2, -0.15) is 13.2 Å². The fourth-order valence-electron chi connectivity index (χ4n) is 1.93. The lowest BCUT2D eigenvalue weighted by atomic mass is 10.0. The molecule has 0 aliphatic carbocycles. The first-order valence-corrected chi connectivity index (χ1v) is 5.64. The molecule has 8 heteroatoms. The van der Waals surface area contributed by atoms with E-state index < -0.39 is 30.2 Å². The molecule has 2 unspecified atom stereocenters. The quantitative estimate of drug-likeness (QED) is 0.874. The van der Waals surface area contributed by atoms with Crippen molar-refractivity contribution in [3.63, 3.8) is 0 Å². The smallest absolute Gasteiger partial charge is 0.471 e. The molecule has 0 radical (unpaired) electrons. The standard InChI is InChI=1S/C12H10F3NO4/c13-12(14,15)11(19)16-9(10(17)18)8-5-6-3-1-2-4-7(6)20-8/h1-4,8-9H,5H2,(H,16,19)(H,17,18). The molecule has 0 aromatic heterocycles. The van der Waals surface area contributed by atoms with Gasteiger partial charge in [-0.25, -0.2) is 4.79 Å². The second-order valence-electron chi connectivity index (χ2n) is 4.26. The van der Waals surface area contributed by atoms with Crippen LogP contribution in [0.25, 0.3) is 0 Å². The summed E-state index contributed by atoms with van der Waals surface area (Å²) in [6.07, 6.45) is -6.10. The molecule has 1 amide bonds. The van der Waals surface area contributed by atoms with Crippen molar-refractivity contribution >= 4 is 11.9 Å². The first-order chi connectivity index (χ1) is 9.29. The van der Waals surface area contributed by atoms with Crippen LogP contribution in [0.2, 0.25) is 0 Å².